The summed E-state index contributed by atoms with van der Waals surface area (Å²) in [5.74, 6) is 0.0210. The molecule has 2 amide bonds. The van der Waals surface area contributed by atoms with Crippen molar-refractivity contribution in [3.8, 4) is 0 Å². The van der Waals surface area contributed by atoms with Gasteiger partial charge in [0.15, 0.2) is 0 Å². The van der Waals surface area contributed by atoms with Gasteiger partial charge in [-0.25, -0.2) is 9.89 Å². The normalized spacial score (nSPS) is 24.2. The van der Waals surface area contributed by atoms with Gasteiger partial charge in [-0.1, -0.05) is 18.5 Å². The summed E-state index contributed by atoms with van der Waals surface area (Å²) in [7, 11) is 0. The minimum Gasteiger partial charge on any atom is -0.444 e. The number of amides is 2. The molecule has 1 aliphatic carbocycles. The van der Waals surface area contributed by atoms with Crippen molar-refractivity contribution in [2.45, 2.75) is 44.8 Å². The van der Waals surface area contributed by atoms with E-state index in [1.807, 2.05) is 11.8 Å². The molecule has 148 valence electrons. The maximum atomic E-state index is 12.1. The number of nitrogens with one attached hydrogen (secondary N) is 3. The Morgan fingerprint density at radius 1 is 1.44 bits per heavy atom. The zero-order valence-electron chi connectivity index (χ0n) is 15.2. The van der Waals surface area contributed by atoms with Crippen LogP contribution in [0.2, 0.25) is 5.02 Å². The van der Waals surface area contributed by atoms with Gasteiger partial charge in [0, 0.05) is 31.5 Å². The van der Waals surface area contributed by atoms with Crippen LogP contribution in [0.5, 0.6) is 0 Å². The quantitative estimate of drug-likeness (QED) is 0.660. The van der Waals surface area contributed by atoms with Crippen LogP contribution in [0, 0.1) is 5.92 Å². The first-order chi connectivity index (χ1) is 13.0. The summed E-state index contributed by atoms with van der Waals surface area (Å²) in [5.41, 5.74) is 0.0886. The van der Waals surface area contributed by atoms with Gasteiger partial charge in [-0.05, 0) is 19.3 Å². The van der Waals surface area contributed by atoms with E-state index in [9.17, 15) is 14.4 Å². The van der Waals surface area contributed by atoms with Crippen molar-refractivity contribution in [3.63, 3.8) is 0 Å². The number of alkyl carbamates (subject to hydrolysis) is 1. The predicted octanol–water partition coefficient (Wildman–Crippen LogP) is 1.03. The van der Waals surface area contributed by atoms with Crippen LogP contribution < -0.4 is 21.1 Å². The van der Waals surface area contributed by atoms with E-state index in [1.165, 1.54) is 6.20 Å². The van der Waals surface area contributed by atoms with Crippen LogP contribution in [0.1, 0.15) is 32.6 Å². The standard InChI is InChI=1S/C17H24ClN5O4/c1-2-4-19-15(24)10-6-11(7-10)21-17(26)27-12-3-5-23(9-12)13-8-20-22-16(25)14(13)18/h8,10-12H,2-7,9H2,1H3,(H,19,24)(H,21,26)(H,22,25)/t10-,11-,12-/m1/s1. The highest BCUT2D eigenvalue weighted by molar-refractivity contribution is 6.33. The molecule has 10 heteroatoms. The molecule has 2 aliphatic rings. The van der Waals surface area contributed by atoms with Gasteiger partial charge in [-0.3, -0.25) is 9.59 Å². The van der Waals surface area contributed by atoms with Crippen LogP contribution >= 0.6 is 11.6 Å². The number of hydrogen-bond donors (Lipinski definition) is 3. The number of halogens is 1. The van der Waals surface area contributed by atoms with Gasteiger partial charge < -0.3 is 20.3 Å². The Hall–Kier alpha value is -2.29. The van der Waals surface area contributed by atoms with Crippen LogP contribution in [0.25, 0.3) is 0 Å². The number of carbonyl (C=O) groups excluding carboxylic acids is 2. The maximum absolute atomic E-state index is 12.1. The smallest absolute Gasteiger partial charge is 0.407 e. The molecule has 1 aromatic rings. The molecule has 1 saturated carbocycles. The summed E-state index contributed by atoms with van der Waals surface area (Å²) in [6.45, 7) is 3.75. The molecule has 1 atom stereocenters. The maximum Gasteiger partial charge on any atom is 0.407 e. The Bertz CT molecular complexity index is 749. The first kappa shape index (κ1) is 19.5. The summed E-state index contributed by atoms with van der Waals surface area (Å²) in [4.78, 5) is 37.3. The molecule has 2 fully saturated rings. The molecule has 0 spiro atoms. The Morgan fingerprint density at radius 2 is 2.22 bits per heavy atom. The Morgan fingerprint density at radius 3 is 2.96 bits per heavy atom. The minimum atomic E-state index is -0.477. The summed E-state index contributed by atoms with van der Waals surface area (Å²) >= 11 is 6.01. The number of rotatable bonds is 6. The van der Waals surface area contributed by atoms with Gasteiger partial charge in [0.25, 0.3) is 5.56 Å². The van der Waals surface area contributed by atoms with Crippen molar-refractivity contribution in [1.29, 1.82) is 0 Å². The van der Waals surface area contributed by atoms with Gasteiger partial charge in [0.2, 0.25) is 5.91 Å². The Labute approximate surface area is 161 Å². The van der Waals surface area contributed by atoms with Crippen molar-refractivity contribution >= 4 is 29.3 Å². The van der Waals surface area contributed by atoms with Crippen molar-refractivity contribution in [3.05, 3.63) is 21.6 Å². The number of ether oxygens (including phenoxy) is 1. The predicted molar refractivity (Wildman–Crippen MR) is 99.9 cm³/mol. The third kappa shape index (κ3) is 4.71. The number of H-pyrrole nitrogens is 1. The lowest BCUT2D eigenvalue weighted by molar-refractivity contribution is -0.128. The second-order valence-corrected chi connectivity index (χ2v) is 7.34. The minimum absolute atomic E-state index is 0.0290. The number of aromatic amines is 1. The van der Waals surface area contributed by atoms with Crippen LogP contribution in [-0.4, -0.2) is 54.0 Å². The van der Waals surface area contributed by atoms with Gasteiger partial charge in [-0.15, -0.1) is 0 Å². The van der Waals surface area contributed by atoms with E-state index in [-0.39, 0.29) is 29.0 Å². The molecule has 2 heterocycles. The molecule has 0 bridgehead atoms. The van der Waals surface area contributed by atoms with E-state index >= 15 is 0 Å². The van der Waals surface area contributed by atoms with Gasteiger partial charge in [0.05, 0.1) is 18.4 Å². The average molecular weight is 398 g/mol. The third-order valence-electron chi connectivity index (χ3n) is 4.92. The molecule has 3 N–H and O–H groups in total. The fourth-order valence-corrected chi connectivity index (χ4v) is 3.54. The molecular weight excluding hydrogens is 374 g/mol. The summed E-state index contributed by atoms with van der Waals surface area (Å²) < 4.78 is 5.46. The fraction of sp³-hybridized carbons (Fsp3) is 0.647. The van der Waals surface area contributed by atoms with E-state index in [4.69, 9.17) is 16.3 Å². The molecule has 3 rings (SSSR count). The average Bonchev–Trinajstić information content (AvgIpc) is 3.06. The first-order valence-electron chi connectivity index (χ1n) is 9.21. The Kier molecular flexibility index (Phi) is 6.20. The van der Waals surface area contributed by atoms with Crippen molar-refractivity contribution in [1.82, 2.24) is 20.8 Å². The lowest BCUT2D eigenvalue weighted by Crippen LogP contribution is -2.50. The molecule has 0 aromatic carbocycles. The topological polar surface area (TPSA) is 116 Å². The van der Waals surface area contributed by atoms with Gasteiger partial charge in [-0.2, -0.15) is 5.10 Å². The number of aromatic nitrogens is 2. The molecule has 1 saturated heterocycles. The number of hydrogen-bond acceptors (Lipinski definition) is 6. The first-order valence-corrected chi connectivity index (χ1v) is 9.58. The molecule has 27 heavy (non-hydrogen) atoms. The van der Waals surface area contributed by atoms with Gasteiger partial charge in [0.1, 0.15) is 11.1 Å². The monoisotopic (exact) mass is 397 g/mol. The second-order valence-electron chi connectivity index (χ2n) is 6.96. The van der Waals surface area contributed by atoms with E-state index in [0.717, 1.165) is 6.42 Å². The number of anilines is 1. The number of nitrogens with zero attached hydrogens (tertiary/aromatic N) is 2. The SMILES string of the molecule is CCCNC(=O)[C@H]1C[C@H](NC(=O)O[C@@H]2CCN(c3cn[nH]c(=O)c3Cl)C2)C1. The van der Waals surface area contributed by atoms with Crippen molar-refractivity contribution in [2.24, 2.45) is 5.92 Å². The zero-order valence-corrected chi connectivity index (χ0v) is 15.9. The van der Waals surface area contributed by atoms with E-state index in [0.29, 0.717) is 44.6 Å². The van der Waals surface area contributed by atoms with Crippen molar-refractivity contribution < 1.29 is 14.3 Å². The van der Waals surface area contributed by atoms with E-state index in [1.54, 1.807) is 0 Å². The largest absolute Gasteiger partial charge is 0.444 e. The zero-order chi connectivity index (χ0) is 19.4. The molecule has 0 unspecified atom stereocenters. The fourth-order valence-electron chi connectivity index (χ4n) is 3.33. The molecule has 9 nitrogen and oxygen atoms in total. The molecule has 0 radical (unpaired) electrons. The second kappa shape index (κ2) is 8.60. The lowest BCUT2D eigenvalue weighted by atomic mass is 9.79. The lowest BCUT2D eigenvalue weighted by Gasteiger charge is -2.34. The highest BCUT2D eigenvalue weighted by atomic mass is 35.5. The van der Waals surface area contributed by atoms with E-state index < -0.39 is 11.7 Å². The molecular formula is C17H24ClN5O4. The number of carbonyl (C=O) groups is 2. The summed E-state index contributed by atoms with van der Waals surface area (Å²) in [6, 6.07) is -0.0290. The van der Waals surface area contributed by atoms with Crippen LogP contribution in [-0.2, 0) is 9.53 Å². The Balaban J connectivity index is 1.41. The van der Waals surface area contributed by atoms with Crippen LogP contribution in [0.3, 0.4) is 0 Å². The van der Waals surface area contributed by atoms with Gasteiger partial charge >= 0.3 is 6.09 Å². The summed E-state index contributed by atoms with van der Waals surface area (Å²) in [5, 5.41) is 11.8. The highest BCUT2D eigenvalue weighted by Crippen LogP contribution is 2.28. The van der Waals surface area contributed by atoms with Crippen LogP contribution in [0.15, 0.2) is 11.0 Å². The molecule has 1 aliphatic heterocycles. The third-order valence-corrected chi connectivity index (χ3v) is 5.28. The van der Waals surface area contributed by atoms with E-state index in [2.05, 4.69) is 20.8 Å². The highest BCUT2D eigenvalue weighted by Gasteiger charge is 2.36. The van der Waals surface area contributed by atoms with Crippen LogP contribution in [0.4, 0.5) is 10.5 Å². The molecule has 1 aromatic heterocycles. The van der Waals surface area contributed by atoms with Crippen molar-refractivity contribution in [2.75, 3.05) is 24.5 Å². The summed E-state index contributed by atoms with van der Waals surface area (Å²) in [6.07, 6.45) is 3.54.